The fraction of sp³-hybridized carbons (Fsp3) is 0.429. The smallest absolute Gasteiger partial charge is 0.338 e. The Bertz CT molecular complexity index is 604. The molecule has 0 bridgehead atoms. The normalized spacial score (nSPS) is 14.2. The maximum absolute atomic E-state index is 10.8. The van der Waals surface area contributed by atoms with E-state index in [9.17, 15) is 4.79 Å². The van der Waals surface area contributed by atoms with Gasteiger partial charge in [0.25, 0.3) is 0 Å². The molecule has 0 radical (unpaired) electrons. The van der Waals surface area contributed by atoms with Crippen molar-refractivity contribution in [2.45, 2.75) is 32.8 Å². The van der Waals surface area contributed by atoms with Crippen LogP contribution in [0.1, 0.15) is 42.6 Å². The SMILES string of the molecule is CCOC(C)(CC)c1nc(-c2cc(C(=O)O)co2)cs1. The zero-order valence-corrected chi connectivity index (χ0v) is 12.5. The Morgan fingerprint density at radius 3 is 2.85 bits per heavy atom. The van der Waals surface area contributed by atoms with Gasteiger partial charge in [0, 0.05) is 18.1 Å². The van der Waals surface area contributed by atoms with Crippen LogP contribution in [0.3, 0.4) is 0 Å². The molecule has 1 N–H and O–H groups in total. The maximum atomic E-state index is 10.8. The minimum absolute atomic E-state index is 0.123. The number of rotatable bonds is 6. The van der Waals surface area contributed by atoms with Crippen molar-refractivity contribution in [1.82, 2.24) is 4.98 Å². The van der Waals surface area contributed by atoms with Crippen LogP contribution in [0.5, 0.6) is 0 Å². The Hall–Kier alpha value is -1.66. The first-order valence-corrected chi connectivity index (χ1v) is 7.30. The molecule has 0 saturated heterocycles. The van der Waals surface area contributed by atoms with Gasteiger partial charge in [0.05, 0.1) is 5.56 Å². The molecule has 6 heteroatoms. The first-order chi connectivity index (χ1) is 9.50. The zero-order chi connectivity index (χ0) is 14.8. The molecule has 0 saturated carbocycles. The van der Waals surface area contributed by atoms with Gasteiger partial charge in [0.1, 0.15) is 22.6 Å². The number of aromatic nitrogens is 1. The van der Waals surface area contributed by atoms with Crippen LogP contribution < -0.4 is 0 Å². The molecule has 0 aromatic carbocycles. The largest absolute Gasteiger partial charge is 0.478 e. The third-order valence-electron chi connectivity index (χ3n) is 3.19. The predicted octanol–water partition coefficient (Wildman–Crippen LogP) is 3.76. The van der Waals surface area contributed by atoms with E-state index >= 15 is 0 Å². The highest BCUT2D eigenvalue weighted by Gasteiger charge is 2.29. The van der Waals surface area contributed by atoms with E-state index in [2.05, 4.69) is 4.98 Å². The first-order valence-electron chi connectivity index (χ1n) is 6.42. The third-order valence-corrected chi connectivity index (χ3v) is 4.28. The Labute approximate surface area is 121 Å². The van der Waals surface area contributed by atoms with E-state index in [1.54, 1.807) is 0 Å². The molecule has 2 rings (SSSR count). The fourth-order valence-corrected chi connectivity index (χ4v) is 2.84. The zero-order valence-electron chi connectivity index (χ0n) is 11.7. The van der Waals surface area contributed by atoms with E-state index in [0.717, 1.165) is 11.4 Å². The van der Waals surface area contributed by atoms with Crippen LogP contribution in [0.2, 0.25) is 0 Å². The van der Waals surface area contributed by atoms with Crippen molar-refractivity contribution in [2.24, 2.45) is 0 Å². The molecule has 1 unspecified atom stereocenters. The summed E-state index contributed by atoms with van der Waals surface area (Å²) in [6.07, 6.45) is 2.03. The lowest BCUT2D eigenvalue weighted by Crippen LogP contribution is -2.24. The molecule has 2 heterocycles. The Morgan fingerprint density at radius 2 is 2.30 bits per heavy atom. The first kappa shape index (κ1) is 14.7. The van der Waals surface area contributed by atoms with Gasteiger partial charge in [0.2, 0.25) is 0 Å². The number of carboxylic acids is 1. The molecule has 2 aromatic rings. The summed E-state index contributed by atoms with van der Waals surface area (Å²) in [5.41, 5.74) is 0.342. The molecule has 0 amide bonds. The van der Waals surface area contributed by atoms with E-state index in [1.165, 1.54) is 23.7 Å². The predicted molar refractivity (Wildman–Crippen MR) is 76.0 cm³/mol. The summed E-state index contributed by atoms with van der Waals surface area (Å²) in [6.45, 7) is 6.62. The van der Waals surface area contributed by atoms with Crippen molar-refractivity contribution in [1.29, 1.82) is 0 Å². The van der Waals surface area contributed by atoms with Crippen LogP contribution in [0.15, 0.2) is 22.1 Å². The second kappa shape index (κ2) is 5.76. The minimum Gasteiger partial charge on any atom is -0.478 e. The van der Waals surface area contributed by atoms with Gasteiger partial charge in [0.15, 0.2) is 5.76 Å². The monoisotopic (exact) mass is 295 g/mol. The van der Waals surface area contributed by atoms with Crippen molar-refractivity contribution in [3.8, 4) is 11.5 Å². The fourth-order valence-electron chi connectivity index (χ4n) is 1.85. The van der Waals surface area contributed by atoms with Gasteiger partial charge in [-0.15, -0.1) is 11.3 Å². The summed E-state index contributed by atoms with van der Waals surface area (Å²) in [6, 6.07) is 1.48. The molecule has 2 aromatic heterocycles. The number of hydrogen-bond acceptors (Lipinski definition) is 5. The van der Waals surface area contributed by atoms with Crippen LogP contribution in [-0.4, -0.2) is 22.7 Å². The third kappa shape index (κ3) is 2.76. The van der Waals surface area contributed by atoms with Crippen LogP contribution in [0.25, 0.3) is 11.5 Å². The highest BCUT2D eigenvalue weighted by atomic mass is 32.1. The standard InChI is InChI=1S/C14H17NO4S/c1-4-14(3,19-5-2)13-15-10(8-20-13)11-6-9(7-18-11)12(16)17/h6-8H,4-5H2,1-3H3,(H,16,17). The molecule has 5 nitrogen and oxygen atoms in total. The lowest BCUT2D eigenvalue weighted by Gasteiger charge is -2.25. The Balaban J connectivity index is 2.30. The number of thiazole rings is 1. The average molecular weight is 295 g/mol. The molecular formula is C14H17NO4S. The van der Waals surface area contributed by atoms with Crippen molar-refractivity contribution < 1.29 is 19.1 Å². The molecule has 0 aliphatic carbocycles. The summed E-state index contributed by atoms with van der Waals surface area (Å²) in [5.74, 6) is -0.553. The summed E-state index contributed by atoms with van der Waals surface area (Å²) in [4.78, 5) is 15.4. The number of ether oxygens (including phenoxy) is 1. The molecule has 0 aliphatic rings. The molecule has 20 heavy (non-hydrogen) atoms. The Kier molecular flexibility index (Phi) is 4.25. The number of hydrogen-bond donors (Lipinski definition) is 1. The van der Waals surface area contributed by atoms with Crippen molar-refractivity contribution in [3.05, 3.63) is 28.3 Å². The topological polar surface area (TPSA) is 72.6 Å². The summed E-state index contributed by atoms with van der Waals surface area (Å²) >= 11 is 1.49. The van der Waals surface area contributed by atoms with Gasteiger partial charge < -0.3 is 14.3 Å². The molecule has 1 atom stereocenters. The van der Waals surface area contributed by atoms with Gasteiger partial charge in [-0.3, -0.25) is 0 Å². The quantitative estimate of drug-likeness (QED) is 0.878. The number of nitrogens with zero attached hydrogens (tertiary/aromatic N) is 1. The summed E-state index contributed by atoms with van der Waals surface area (Å²) in [7, 11) is 0. The molecule has 0 fully saturated rings. The van der Waals surface area contributed by atoms with Crippen molar-refractivity contribution >= 4 is 17.3 Å². The van der Waals surface area contributed by atoms with Crippen molar-refractivity contribution in [2.75, 3.05) is 6.61 Å². The van der Waals surface area contributed by atoms with E-state index < -0.39 is 11.6 Å². The van der Waals surface area contributed by atoms with Crippen LogP contribution >= 0.6 is 11.3 Å². The summed E-state index contributed by atoms with van der Waals surface area (Å²) in [5, 5.41) is 11.6. The lowest BCUT2D eigenvalue weighted by atomic mass is 10.0. The second-order valence-electron chi connectivity index (χ2n) is 4.56. The number of carboxylic acid groups (broad SMARTS) is 1. The van der Waals surface area contributed by atoms with E-state index in [-0.39, 0.29) is 5.56 Å². The second-order valence-corrected chi connectivity index (χ2v) is 5.42. The number of aromatic carboxylic acids is 1. The maximum Gasteiger partial charge on any atom is 0.338 e. The highest BCUT2D eigenvalue weighted by molar-refractivity contribution is 7.10. The lowest BCUT2D eigenvalue weighted by molar-refractivity contribution is -0.0324. The Morgan fingerprint density at radius 1 is 1.55 bits per heavy atom. The number of carbonyl (C=O) groups is 1. The summed E-state index contributed by atoms with van der Waals surface area (Å²) < 4.78 is 11.0. The van der Waals surface area contributed by atoms with Gasteiger partial charge >= 0.3 is 5.97 Å². The minimum atomic E-state index is -1.01. The molecule has 0 spiro atoms. The van der Waals surface area contributed by atoms with Gasteiger partial charge in [-0.25, -0.2) is 9.78 Å². The number of furan rings is 1. The highest BCUT2D eigenvalue weighted by Crippen LogP contribution is 2.34. The average Bonchev–Trinajstić information content (AvgIpc) is 3.07. The van der Waals surface area contributed by atoms with E-state index in [4.69, 9.17) is 14.3 Å². The van der Waals surface area contributed by atoms with Crippen molar-refractivity contribution in [3.63, 3.8) is 0 Å². The van der Waals surface area contributed by atoms with Gasteiger partial charge in [-0.1, -0.05) is 6.92 Å². The molecule has 108 valence electrons. The van der Waals surface area contributed by atoms with Crippen LogP contribution in [0, 0.1) is 0 Å². The van der Waals surface area contributed by atoms with Crippen LogP contribution in [-0.2, 0) is 10.3 Å². The van der Waals surface area contributed by atoms with Gasteiger partial charge in [-0.2, -0.15) is 0 Å². The molecule has 0 aliphatic heterocycles. The van der Waals surface area contributed by atoms with Gasteiger partial charge in [-0.05, 0) is 20.3 Å². The van der Waals surface area contributed by atoms with E-state index in [1.807, 2.05) is 26.2 Å². The van der Waals surface area contributed by atoms with Crippen LogP contribution in [0.4, 0.5) is 0 Å². The van der Waals surface area contributed by atoms with E-state index in [0.29, 0.717) is 18.1 Å². The molecular weight excluding hydrogens is 278 g/mol.